The van der Waals surface area contributed by atoms with Crippen molar-refractivity contribution >= 4 is 45.2 Å². The number of rotatable bonds is 9. The van der Waals surface area contributed by atoms with Gasteiger partial charge in [-0.3, -0.25) is 9.59 Å². The third kappa shape index (κ3) is 6.57. The van der Waals surface area contributed by atoms with Gasteiger partial charge in [-0.15, -0.1) is 10.2 Å². The molecule has 1 atom stereocenters. The van der Waals surface area contributed by atoms with Gasteiger partial charge in [0.05, 0.1) is 25.3 Å². The van der Waals surface area contributed by atoms with Crippen molar-refractivity contribution in [1.29, 1.82) is 0 Å². The number of halogens is 1. The number of thioether (sulfide) groups is 1. The molecule has 1 heterocycles. The molecule has 0 saturated heterocycles. The second kappa shape index (κ2) is 11.1. The number of hydrogen-bond donors (Lipinski definition) is 2. The second-order valence-corrected chi connectivity index (χ2v) is 8.92. The molecule has 2 amide bonds. The number of benzene rings is 2. The summed E-state index contributed by atoms with van der Waals surface area (Å²) in [5, 5.41) is 14.7. The van der Waals surface area contributed by atoms with Gasteiger partial charge in [0, 0.05) is 17.2 Å². The van der Waals surface area contributed by atoms with Gasteiger partial charge in [0.2, 0.25) is 11.8 Å². The fraction of sp³-hybridized carbons (Fsp3) is 0.273. The quantitative estimate of drug-likeness (QED) is 0.419. The minimum atomic E-state index is -0.329. The van der Waals surface area contributed by atoms with E-state index < -0.39 is 0 Å². The summed E-state index contributed by atoms with van der Waals surface area (Å²) in [5.74, 6) is 1.30. The van der Waals surface area contributed by atoms with Crippen molar-refractivity contribution in [3.63, 3.8) is 0 Å². The summed E-state index contributed by atoms with van der Waals surface area (Å²) in [6.07, 6.45) is 0.254. The summed E-state index contributed by atoms with van der Waals surface area (Å²) in [5.41, 5.74) is 1.62. The molecule has 10 heteroatoms. The predicted molar refractivity (Wildman–Crippen MR) is 128 cm³/mol. The van der Waals surface area contributed by atoms with Crippen LogP contribution in [0.5, 0.6) is 5.75 Å². The van der Waals surface area contributed by atoms with Crippen LogP contribution in [0, 0.1) is 0 Å². The van der Waals surface area contributed by atoms with Crippen LogP contribution in [0.4, 0.5) is 5.69 Å². The molecule has 3 rings (SSSR count). The van der Waals surface area contributed by atoms with Crippen molar-refractivity contribution in [3.8, 4) is 5.75 Å². The van der Waals surface area contributed by atoms with Crippen molar-refractivity contribution in [2.24, 2.45) is 7.05 Å². The van der Waals surface area contributed by atoms with E-state index in [1.54, 1.807) is 11.7 Å². The van der Waals surface area contributed by atoms with Gasteiger partial charge in [0.15, 0.2) is 11.0 Å². The average Bonchev–Trinajstić information content (AvgIpc) is 3.15. The maximum Gasteiger partial charge on any atom is 0.234 e. The van der Waals surface area contributed by atoms with Crippen LogP contribution in [0.15, 0.2) is 58.2 Å². The highest BCUT2D eigenvalue weighted by atomic mass is 79.9. The highest BCUT2D eigenvalue weighted by molar-refractivity contribution is 9.10. The van der Waals surface area contributed by atoms with E-state index in [4.69, 9.17) is 4.74 Å². The average molecular weight is 518 g/mol. The lowest BCUT2D eigenvalue weighted by Crippen LogP contribution is -2.29. The second-order valence-electron chi connectivity index (χ2n) is 7.06. The Labute approximate surface area is 199 Å². The SMILES string of the molecule is COc1ccc(CC(=O)N[C@H](C)c2nnc(SCC(=O)Nc3ccc(Br)cc3)n2C)cc1. The van der Waals surface area contributed by atoms with Gasteiger partial charge < -0.3 is 19.9 Å². The normalized spacial score (nSPS) is 11.6. The number of methoxy groups -OCH3 is 1. The van der Waals surface area contributed by atoms with Gasteiger partial charge in [-0.2, -0.15) is 0 Å². The first-order valence-electron chi connectivity index (χ1n) is 9.85. The number of carbonyl (C=O) groups is 2. The molecule has 32 heavy (non-hydrogen) atoms. The maximum atomic E-state index is 12.4. The van der Waals surface area contributed by atoms with Crippen LogP contribution >= 0.6 is 27.7 Å². The Morgan fingerprint density at radius 2 is 1.78 bits per heavy atom. The number of carbonyl (C=O) groups excluding carboxylic acids is 2. The summed E-state index contributed by atoms with van der Waals surface area (Å²) < 4.78 is 7.87. The van der Waals surface area contributed by atoms with E-state index in [1.807, 2.05) is 62.5 Å². The maximum absolute atomic E-state index is 12.4. The largest absolute Gasteiger partial charge is 0.497 e. The van der Waals surface area contributed by atoms with Gasteiger partial charge in [0.25, 0.3) is 0 Å². The summed E-state index contributed by atoms with van der Waals surface area (Å²) >= 11 is 4.65. The number of anilines is 1. The molecular weight excluding hydrogens is 494 g/mol. The molecule has 1 aromatic heterocycles. The first kappa shape index (κ1) is 23.8. The molecule has 0 aliphatic carbocycles. The van der Waals surface area contributed by atoms with Crippen molar-refractivity contribution in [2.45, 2.75) is 24.5 Å². The number of nitrogens with zero attached hydrogens (tertiary/aromatic N) is 3. The Kier molecular flexibility index (Phi) is 8.29. The van der Waals surface area contributed by atoms with E-state index in [9.17, 15) is 9.59 Å². The number of aromatic nitrogens is 3. The number of ether oxygens (including phenoxy) is 1. The van der Waals surface area contributed by atoms with Crippen LogP contribution in [0.25, 0.3) is 0 Å². The molecule has 0 aliphatic rings. The molecule has 8 nitrogen and oxygen atoms in total. The van der Waals surface area contributed by atoms with E-state index in [0.29, 0.717) is 11.0 Å². The highest BCUT2D eigenvalue weighted by Crippen LogP contribution is 2.20. The topological polar surface area (TPSA) is 98.1 Å². The lowest BCUT2D eigenvalue weighted by molar-refractivity contribution is -0.121. The van der Waals surface area contributed by atoms with Gasteiger partial charge >= 0.3 is 0 Å². The molecule has 0 saturated carbocycles. The zero-order valence-corrected chi connectivity index (χ0v) is 20.4. The molecule has 168 valence electrons. The standard InChI is InChI=1S/C22H24BrN5O3S/c1-14(24-19(29)12-15-4-10-18(31-3)11-5-15)21-26-27-22(28(21)2)32-13-20(30)25-17-8-6-16(23)7-9-17/h4-11,14H,12-13H2,1-3H3,(H,24,29)(H,25,30)/t14-/m1/s1. The minimum Gasteiger partial charge on any atom is -0.497 e. The smallest absolute Gasteiger partial charge is 0.234 e. The summed E-state index contributed by atoms with van der Waals surface area (Å²) in [6, 6.07) is 14.4. The Bertz CT molecular complexity index is 1070. The van der Waals surface area contributed by atoms with Crippen LogP contribution in [-0.2, 0) is 23.1 Å². The Balaban J connectivity index is 1.51. The van der Waals surface area contributed by atoms with Crippen molar-refractivity contribution in [1.82, 2.24) is 20.1 Å². The van der Waals surface area contributed by atoms with Crippen molar-refractivity contribution < 1.29 is 14.3 Å². The van der Waals surface area contributed by atoms with Gasteiger partial charge in [-0.1, -0.05) is 39.8 Å². The number of amides is 2. The van der Waals surface area contributed by atoms with E-state index in [-0.39, 0.29) is 30.0 Å². The first-order valence-corrected chi connectivity index (χ1v) is 11.6. The summed E-state index contributed by atoms with van der Waals surface area (Å²) in [6.45, 7) is 1.85. The van der Waals surface area contributed by atoms with Crippen LogP contribution in [0.2, 0.25) is 0 Å². The molecule has 3 aromatic rings. The fourth-order valence-corrected chi connectivity index (χ4v) is 3.96. The lowest BCUT2D eigenvalue weighted by Gasteiger charge is -2.14. The van der Waals surface area contributed by atoms with Crippen LogP contribution < -0.4 is 15.4 Å². The van der Waals surface area contributed by atoms with Gasteiger partial charge in [-0.05, 0) is 48.9 Å². The Morgan fingerprint density at radius 3 is 2.44 bits per heavy atom. The number of hydrogen-bond acceptors (Lipinski definition) is 6. The molecule has 2 N–H and O–H groups in total. The fourth-order valence-electron chi connectivity index (χ4n) is 2.98. The molecular formula is C22H24BrN5O3S. The lowest BCUT2D eigenvalue weighted by atomic mass is 10.1. The summed E-state index contributed by atoms with van der Waals surface area (Å²) in [7, 11) is 3.42. The van der Waals surface area contributed by atoms with Gasteiger partial charge in [-0.25, -0.2) is 0 Å². The number of nitrogens with one attached hydrogen (secondary N) is 2. The Morgan fingerprint density at radius 1 is 1.09 bits per heavy atom. The van der Waals surface area contributed by atoms with Crippen LogP contribution in [-0.4, -0.2) is 39.4 Å². The molecule has 0 bridgehead atoms. The van der Waals surface area contributed by atoms with Gasteiger partial charge in [0.1, 0.15) is 5.75 Å². The first-order chi connectivity index (χ1) is 15.4. The molecule has 0 radical (unpaired) electrons. The minimum absolute atomic E-state index is 0.117. The molecule has 0 aliphatic heterocycles. The monoisotopic (exact) mass is 517 g/mol. The van der Waals surface area contributed by atoms with Crippen LogP contribution in [0.3, 0.4) is 0 Å². The zero-order chi connectivity index (χ0) is 23.1. The van der Waals surface area contributed by atoms with Crippen LogP contribution in [0.1, 0.15) is 24.4 Å². The van der Waals surface area contributed by atoms with E-state index in [2.05, 4.69) is 36.8 Å². The summed E-state index contributed by atoms with van der Waals surface area (Å²) in [4.78, 5) is 24.6. The van der Waals surface area contributed by atoms with E-state index in [0.717, 1.165) is 21.5 Å². The molecule has 2 aromatic carbocycles. The van der Waals surface area contributed by atoms with E-state index in [1.165, 1.54) is 11.8 Å². The Hall–Kier alpha value is -2.85. The van der Waals surface area contributed by atoms with Crippen molar-refractivity contribution in [3.05, 3.63) is 64.4 Å². The third-order valence-electron chi connectivity index (χ3n) is 4.62. The molecule has 0 spiro atoms. The molecule has 0 fully saturated rings. The van der Waals surface area contributed by atoms with Crippen molar-refractivity contribution in [2.75, 3.05) is 18.2 Å². The predicted octanol–water partition coefficient (Wildman–Crippen LogP) is 3.74. The van der Waals surface area contributed by atoms with E-state index >= 15 is 0 Å². The highest BCUT2D eigenvalue weighted by Gasteiger charge is 2.18. The third-order valence-corrected chi connectivity index (χ3v) is 6.17. The molecule has 0 unspecified atom stereocenters. The zero-order valence-electron chi connectivity index (χ0n) is 18.0.